The van der Waals surface area contributed by atoms with Crippen LogP contribution in [0.4, 0.5) is 0 Å². The average Bonchev–Trinajstić information content (AvgIpc) is 2.11. The normalized spacial score (nSPS) is 14.4. The fourth-order valence-electron chi connectivity index (χ4n) is 0.820. The summed E-state index contributed by atoms with van der Waals surface area (Å²) in [6.45, 7) is 2.02. The fraction of sp³-hybridized carbons (Fsp3) is 1.00. The lowest BCUT2D eigenvalue weighted by Crippen LogP contribution is -2.15. The van der Waals surface area contributed by atoms with Crippen molar-refractivity contribution >= 4 is 29.2 Å². The van der Waals surface area contributed by atoms with Crippen molar-refractivity contribution in [2.75, 3.05) is 5.75 Å². The summed E-state index contributed by atoms with van der Waals surface area (Å²) < 4.78 is 41.1. The van der Waals surface area contributed by atoms with Gasteiger partial charge in [-0.2, -0.15) is 8.42 Å². The summed E-state index contributed by atoms with van der Waals surface area (Å²) in [5, 5.41) is 0. The van der Waals surface area contributed by atoms with Gasteiger partial charge in [0, 0.05) is 0 Å². The van der Waals surface area contributed by atoms with E-state index in [2.05, 4.69) is 0 Å². The van der Waals surface area contributed by atoms with E-state index in [1.165, 1.54) is 0 Å². The van der Waals surface area contributed by atoms with Gasteiger partial charge in [0.05, 0.1) is 5.75 Å². The van der Waals surface area contributed by atoms with Crippen LogP contribution in [0.5, 0.6) is 0 Å². The third kappa shape index (κ3) is 5.79. The van der Waals surface area contributed by atoms with Gasteiger partial charge in [-0.25, -0.2) is 0 Å². The van der Waals surface area contributed by atoms with Gasteiger partial charge in [0.15, 0.2) is 9.24 Å². The molecule has 13 heavy (non-hydrogen) atoms. The van der Waals surface area contributed by atoms with E-state index >= 15 is 0 Å². The quantitative estimate of drug-likeness (QED) is 0.320. The van der Waals surface area contributed by atoms with Crippen LogP contribution in [0.1, 0.15) is 32.6 Å². The van der Waals surface area contributed by atoms with Crippen molar-refractivity contribution in [3.05, 3.63) is 0 Å². The highest BCUT2D eigenvalue weighted by Crippen LogP contribution is 2.18. The highest BCUT2D eigenvalue weighted by Gasteiger charge is 2.27. The van der Waals surface area contributed by atoms with Gasteiger partial charge in [-0.15, -0.1) is 0 Å². The van der Waals surface area contributed by atoms with E-state index in [1.54, 1.807) is 0 Å². The van der Waals surface area contributed by atoms with E-state index in [0.717, 1.165) is 19.3 Å². The Labute approximate surface area is 85.2 Å². The van der Waals surface area contributed by atoms with E-state index in [9.17, 15) is 13.0 Å². The van der Waals surface area contributed by atoms with Crippen LogP contribution in [0.3, 0.4) is 0 Å². The van der Waals surface area contributed by atoms with E-state index in [4.69, 9.17) is 4.55 Å². The van der Waals surface area contributed by atoms with Crippen molar-refractivity contribution < 1.29 is 17.5 Å². The van der Waals surface area contributed by atoms with Gasteiger partial charge in [0.2, 0.25) is 0 Å². The average molecular weight is 246 g/mol. The molecular formula is C6H14O4S3. The molecule has 0 fully saturated rings. The fourth-order valence-corrected chi connectivity index (χ4v) is 4.09. The molecule has 0 aliphatic heterocycles. The first kappa shape index (κ1) is 13.6. The second kappa shape index (κ2) is 6.94. The Hall–Kier alpha value is 0.570. The van der Waals surface area contributed by atoms with Gasteiger partial charge in [-0.1, -0.05) is 26.2 Å². The summed E-state index contributed by atoms with van der Waals surface area (Å²) in [6.07, 6.45) is 3.35. The molecule has 80 valence electrons. The summed E-state index contributed by atoms with van der Waals surface area (Å²) in [4.78, 5) is 0. The smallest absolute Gasteiger partial charge is 0.327 e. The summed E-state index contributed by atoms with van der Waals surface area (Å²) in [5.41, 5.74) is 0. The minimum atomic E-state index is -3.61. The van der Waals surface area contributed by atoms with E-state index in [1.807, 2.05) is 6.92 Å². The number of rotatable bonds is 7. The second-order valence-corrected chi connectivity index (χ2v) is 9.10. The van der Waals surface area contributed by atoms with Gasteiger partial charge in [0.1, 0.15) is 0 Å². The SMILES string of the molecule is CCCCCCS(=O)(=O)[S+]([O-])SO. The zero-order chi connectivity index (χ0) is 10.3. The van der Waals surface area contributed by atoms with E-state index < -0.39 is 18.1 Å². The van der Waals surface area contributed by atoms with Gasteiger partial charge in [-0.3, -0.25) is 4.55 Å². The maximum atomic E-state index is 11.0. The van der Waals surface area contributed by atoms with Crippen LogP contribution in [0.15, 0.2) is 0 Å². The molecule has 0 spiro atoms. The Morgan fingerprint density at radius 2 is 2.00 bits per heavy atom. The Bertz CT molecular complexity index is 214. The van der Waals surface area contributed by atoms with Crippen molar-refractivity contribution in [1.82, 2.24) is 0 Å². The predicted octanol–water partition coefficient (Wildman–Crippen LogP) is 1.77. The van der Waals surface area contributed by atoms with Crippen molar-refractivity contribution in [3.63, 3.8) is 0 Å². The molecule has 0 aliphatic rings. The lowest BCUT2D eigenvalue weighted by atomic mass is 10.2. The molecule has 0 rings (SSSR count). The predicted molar refractivity (Wildman–Crippen MR) is 56.3 cm³/mol. The number of hydrogen-bond acceptors (Lipinski definition) is 5. The highest BCUT2D eigenvalue weighted by atomic mass is 33.6. The molecule has 0 aromatic rings. The maximum absolute atomic E-state index is 11.0. The molecule has 0 saturated heterocycles. The molecule has 0 saturated carbocycles. The zero-order valence-corrected chi connectivity index (χ0v) is 9.88. The van der Waals surface area contributed by atoms with Crippen LogP contribution in [-0.4, -0.2) is 23.3 Å². The van der Waals surface area contributed by atoms with Crippen LogP contribution >= 0.6 is 11.1 Å². The Morgan fingerprint density at radius 1 is 1.38 bits per heavy atom. The van der Waals surface area contributed by atoms with Gasteiger partial charge in [0.25, 0.3) is 11.1 Å². The van der Waals surface area contributed by atoms with Crippen molar-refractivity contribution in [1.29, 1.82) is 0 Å². The van der Waals surface area contributed by atoms with E-state index in [-0.39, 0.29) is 16.8 Å². The zero-order valence-electron chi connectivity index (χ0n) is 7.43. The van der Waals surface area contributed by atoms with Crippen molar-refractivity contribution in [2.45, 2.75) is 32.6 Å². The first-order valence-corrected chi connectivity index (χ1v) is 8.62. The van der Waals surface area contributed by atoms with Crippen LogP contribution < -0.4 is 0 Å². The van der Waals surface area contributed by atoms with Gasteiger partial charge in [-0.05, 0) is 6.42 Å². The summed E-state index contributed by atoms with van der Waals surface area (Å²) in [6, 6.07) is 0. The van der Waals surface area contributed by atoms with E-state index in [0.29, 0.717) is 6.42 Å². The molecule has 0 aromatic carbocycles. The molecule has 1 N–H and O–H groups in total. The molecule has 0 aromatic heterocycles. The molecule has 0 radical (unpaired) electrons. The molecule has 4 nitrogen and oxygen atoms in total. The molecule has 1 unspecified atom stereocenters. The Morgan fingerprint density at radius 3 is 2.46 bits per heavy atom. The highest BCUT2D eigenvalue weighted by molar-refractivity contribution is 9.00. The molecule has 0 bridgehead atoms. The minimum absolute atomic E-state index is 0.104. The minimum Gasteiger partial charge on any atom is -0.588 e. The van der Waals surface area contributed by atoms with Crippen LogP contribution in [0.25, 0.3) is 0 Å². The van der Waals surface area contributed by atoms with Gasteiger partial charge >= 0.3 is 8.87 Å². The summed E-state index contributed by atoms with van der Waals surface area (Å²) in [7, 11) is -5.80. The first-order valence-electron chi connectivity index (χ1n) is 4.01. The molecule has 0 aliphatic carbocycles. The van der Waals surface area contributed by atoms with Crippen LogP contribution in [0, 0.1) is 0 Å². The molecule has 0 heterocycles. The monoisotopic (exact) mass is 246 g/mol. The van der Waals surface area contributed by atoms with Crippen LogP contribution in [-0.2, 0) is 18.1 Å². The Balaban J connectivity index is 3.77. The molecular weight excluding hydrogens is 232 g/mol. The second-order valence-electron chi connectivity index (χ2n) is 2.60. The summed E-state index contributed by atoms with van der Waals surface area (Å²) in [5.74, 6) is -0.104. The molecule has 7 heteroatoms. The first-order chi connectivity index (χ1) is 6.04. The standard InChI is InChI=1S/C6H14O4S3/c1-2-3-4-5-6-13(9,10)12(8)11-7/h7H,2-6H2,1H3. The largest absolute Gasteiger partial charge is 0.588 e. The number of unbranched alkanes of at least 4 members (excludes halogenated alkanes) is 3. The van der Waals surface area contributed by atoms with Gasteiger partial charge < -0.3 is 4.55 Å². The Kier molecular flexibility index (Phi) is 7.25. The summed E-state index contributed by atoms with van der Waals surface area (Å²) >= 11 is -0.120. The van der Waals surface area contributed by atoms with Crippen LogP contribution in [0.2, 0.25) is 0 Å². The van der Waals surface area contributed by atoms with Crippen molar-refractivity contribution in [3.8, 4) is 0 Å². The number of hydrogen-bond donors (Lipinski definition) is 1. The topological polar surface area (TPSA) is 77.4 Å². The lowest BCUT2D eigenvalue weighted by Gasteiger charge is -2.04. The lowest BCUT2D eigenvalue weighted by molar-refractivity contribution is 0.583. The van der Waals surface area contributed by atoms with Crippen molar-refractivity contribution in [2.24, 2.45) is 0 Å². The molecule has 1 atom stereocenters. The third-order valence-corrected chi connectivity index (χ3v) is 7.36. The maximum Gasteiger partial charge on any atom is 0.327 e. The molecule has 0 amide bonds. The third-order valence-electron chi connectivity index (χ3n) is 1.52.